The number of hydrogen-bond acceptors (Lipinski definition) is 4. The Morgan fingerprint density at radius 2 is 1.88 bits per heavy atom. The summed E-state index contributed by atoms with van der Waals surface area (Å²) in [4.78, 5) is 2.33. The van der Waals surface area contributed by atoms with Gasteiger partial charge in [0, 0.05) is 25.2 Å². The van der Waals surface area contributed by atoms with Crippen molar-refractivity contribution in [3.8, 4) is 0 Å². The third-order valence-electron chi connectivity index (χ3n) is 3.85. The summed E-state index contributed by atoms with van der Waals surface area (Å²) < 4.78 is 0. The number of hydrogen-bond donors (Lipinski definition) is 1. The fourth-order valence-electron chi connectivity index (χ4n) is 2.36. The van der Waals surface area contributed by atoms with Crippen LogP contribution in [-0.2, 0) is 6.54 Å². The highest BCUT2D eigenvalue weighted by molar-refractivity contribution is 5.50. The summed E-state index contributed by atoms with van der Waals surface area (Å²) in [5.74, 6) is 1.83. The van der Waals surface area contributed by atoms with E-state index in [4.69, 9.17) is 5.73 Å². The Hall–Kier alpha value is -1.16. The van der Waals surface area contributed by atoms with Crippen LogP contribution < -0.4 is 10.6 Å². The Labute approximate surface area is 103 Å². The molecule has 0 radical (unpaired) electrons. The minimum absolute atomic E-state index is 0.545. The third kappa shape index (κ3) is 2.41. The first kappa shape index (κ1) is 12.3. The molecule has 0 bridgehead atoms. The van der Waals surface area contributed by atoms with E-state index < -0.39 is 0 Å². The van der Waals surface area contributed by atoms with Crippen LogP contribution >= 0.6 is 0 Å². The molecule has 0 saturated carbocycles. The van der Waals surface area contributed by atoms with Crippen molar-refractivity contribution in [2.24, 2.45) is 11.7 Å². The molecule has 0 unspecified atom stereocenters. The van der Waals surface area contributed by atoms with Crippen molar-refractivity contribution in [3.05, 3.63) is 16.8 Å². The van der Waals surface area contributed by atoms with Crippen molar-refractivity contribution in [1.82, 2.24) is 10.2 Å². The normalized spacial score (nSPS) is 17.5. The minimum Gasteiger partial charge on any atom is -0.355 e. The average molecular weight is 234 g/mol. The quantitative estimate of drug-likeness (QED) is 0.847. The first-order chi connectivity index (χ1) is 8.13. The molecular weight excluding hydrogens is 212 g/mol. The van der Waals surface area contributed by atoms with E-state index in [1.165, 1.54) is 18.4 Å². The molecule has 4 nitrogen and oxygen atoms in total. The highest BCUT2D eigenvalue weighted by atomic mass is 15.3. The van der Waals surface area contributed by atoms with Gasteiger partial charge in [0.1, 0.15) is 0 Å². The highest BCUT2D eigenvalue weighted by Gasteiger charge is 2.20. The Kier molecular flexibility index (Phi) is 3.62. The standard InChI is InChI=1S/C13H22N4/c1-9-4-6-17(7-5-9)13-12(8-14)10(2)11(3)15-16-13/h9H,4-8,14H2,1-3H3. The van der Waals surface area contributed by atoms with Crippen LogP contribution in [0.5, 0.6) is 0 Å². The first-order valence-corrected chi connectivity index (χ1v) is 6.41. The van der Waals surface area contributed by atoms with Gasteiger partial charge >= 0.3 is 0 Å². The molecule has 2 N–H and O–H groups in total. The van der Waals surface area contributed by atoms with Gasteiger partial charge in [-0.1, -0.05) is 6.92 Å². The SMILES string of the molecule is Cc1nnc(N2CCC(C)CC2)c(CN)c1C. The van der Waals surface area contributed by atoms with E-state index >= 15 is 0 Å². The number of nitrogens with two attached hydrogens (primary N) is 1. The van der Waals surface area contributed by atoms with E-state index in [1.54, 1.807) is 0 Å². The van der Waals surface area contributed by atoms with Crippen LogP contribution in [-0.4, -0.2) is 23.3 Å². The molecule has 1 saturated heterocycles. The lowest BCUT2D eigenvalue weighted by molar-refractivity contribution is 0.435. The van der Waals surface area contributed by atoms with Gasteiger partial charge in [0.15, 0.2) is 5.82 Å². The average Bonchev–Trinajstić information content (AvgIpc) is 2.34. The molecule has 0 aliphatic carbocycles. The number of nitrogens with zero attached hydrogens (tertiary/aromatic N) is 3. The Morgan fingerprint density at radius 1 is 1.24 bits per heavy atom. The molecule has 1 fully saturated rings. The van der Waals surface area contributed by atoms with Gasteiger partial charge < -0.3 is 10.6 Å². The maximum Gasteiger partial charge on any atom is 0.156 e. The molecule has 1 aromatic heterocycles. The van der Waals surface area contributed by atoms with Gasteiger partial charge in [-0.2, -0.15) is 5.10 Å². The predicted octanol–water partition coefficient (Wildman–Crippen LogP) is 1.79. The lowest BCUT2D eigenvalue weighted by atomic mass is 9.98. The van der Waals surface area contributed by atoms with Crippen LogP contribution in [0.3, 0.4) is 0 Å². The summed E-state index contributed by atoms with van der Waals surface area (Å²) in [6.07, 6.45) is 2.47. The summed E-state index contributed by atoms with van der Waals surface area (Å²) in [6.45, 7) is 9.08. The number of piperidine rings is 1. The van der Waals surface area contributed by atoms with Crippen molar-refractivity contribution in [2.45, 2.75) is 40.2 Å². The highest BCUT2D eigenvalue weighted by Crippen LogP contribution is 2.26. The van der Waals surface area contributed by atoms with E-state index in [-0.39, 0.29) is 0 Å². The summed E-state index contributed by atoms with van der Waals surface area (Å²) in [6, 6.07) is 0. The first-order valence-electron chi connectivity index (χ1n) is 6.41. The lowest BCUT2D eigenvalue weighted by Crippen LogP contribution is -2.35. The lowest BCUT2D eigenvalue weighted by Gasteiger charge is -2.32. The molecule has 0 atom stereocenters. The van der Waals surface area contributed by atoms with Crippen LogP contribution in [0, 0.1) is 19.8 Å². The zero-order chi connectivity index (χ0) is 12.4. The number of aryl methyl sites for hydroxylation is 1. The van der Waals surface area contributed by atoms with Crippen molar-refractivity contribution >= 4 is 5.82 Å². The maximum absolute atomic E-state index is 5.86. The molecule has 94 valence electrons. The predicted molar refractivity (Wildman–Crippen MR) is 70.0 cm³/mol. The summed E-state index contributed by atoms with van der Waals surface area (Å²) in [7, 11) is 0. The molecule has 0 amide bonds. The zero-order valence-electron chi connectivity index (χ0n) is 11.0. The Bertz CT molecular complexity index is 395. The fraction of sp³-hybridized carbons (Fsp3) is 0.692. The van der Waals surface area contributed by atoms with Crippen LogP contribution in [0.1, 0.15) is 36.6 Å². The van der Waals surface area contributed by atoms with Gasteiger partial charge in [0.25, 0.3) is 0 Å². The molecule has 1 aliphatic rings. The van der Waals surface area contributed by atoms with Gasteiger partial charge in [0.2, 0.25) is 0 Å². The zero-order valence-corrected chi connectivity index (χ0v) is 11.0. The van der Waals surface area contributed by atoms with E-state index in [0.717, 1.165) is 36.1 Å². The largest absolute Gasteiger partial charge is 0.355 e. The topological polar surface area (TPSA) is 55.0 Å². The molecule has 2 heterocycles. The van der Waals surface area contributed by atoms with Crippen LogP contribution in [0.15, 0.2) is 0 Å². The van der Waals surface area contributed by atoms with E-state index in [0.29, 0.717) is 6.54 Å². The second kappa shape index (κ2) is 5.00. The molecule has 0 aromatic carbocycles. The van der Waals surface area contributed by atoms with Gasteiger partial charge in [-0.25, -0.2) is 0 Å². The van der Waals surface area contributed by atoms with E-state index in [9.17, 15) is 0 Å². The van der Waals surface area contributed by atoms with Gasteiger partial charge in [-0.05, 0) is 38.2 Å². The molecule has 17 heavy (non-hydrogen) atoms. The summed E-state index contributed by atoms with van der Waals surface area (Å²) in [5, 5.41) is 8.59. The fourth-order valence-corrected chi connectivity index (χ4v) is 2.36. The monoisotopic (exact) mass is 234 g/mol. The van der Waals surface area contributed by atoms with E-state index in [2.05, 4.69) is 28.9 Å². The van der Waals surface area contributed by atoms with Crippen molar-refractivity contribution in [1.29, 1.82) is 0 Å². The van der Waals surface area contributed by atoms with Gasteiger partial charge in [0.05, 0.1) is 5.69 Å². The molecule has 1 aromatic rings. The Balaban J connectivity index is 2.29. The molecule has 1 aliphatic heterocycles. The molecule has 0 spiro atoms. The molecular formula is C13H22N4. The molecule has 2 rings (SSSR count). The summed E-state index contributed by atoms with van der Waals surface area (Å²) in [5.41, 5.74) is 9.20. The van der Waals surface area contributed by atoms with Gasteiger partial charge in [-0.3, -0.25) is 0 Å². The number of anilines is 1. The minimum atomic E-state index is 0.545. The third-order valence-corrected chi connectivity index (χ3v) is 3.85. The smallest absolute Gasteiger partial charge is 0.156 e. The van der Waals surface area contributed by atoms with Crippen LogP contribution in [0.4, 0.5) is 5.82 Å². The van der Waals surface area contributed by atoms with Crippen molar-refractivity contribution in [3.63, 3.8) is 0 Å². The van der Waals surface area contributed by atoms with Gasteiger partial charge in [-0.15, -0.1) is 5.10 Å². The Morgan fingerprint density at radius 3 is 2.47 bits per heavy atom. The maximum atomic E-state index is 5.86. The number of aromatic nitrogens is 2. The second-order valence-corrected chi connectivity index (χ2v) is 5.09. The molecule has 4 heteroatoms. The van der Waals surface area contributed by atoms with Crippen LogP contribution in [0.25, 0.3) is 0 Å². The van der Waals surface area contributed by atoms with Crippen molar-refractivity contribution in [2.75, 3.05) is 18.0 Å². The van der Waals surface area contributed by atoms with Crippen LogP contribution in [0.2, 0.25) is 0 Å². The summed E-state index contributed by atoms with van der Waals surface area (Å²) >= 11 is 0. The number of rotatable bonds is 2. The second-order valence-electron chi connectivity index (χ2n) is 5.09. The van der Waals surface area contributed by atoms with Crippen molar-refractivity contribution < 1.29 is 0 Å². The van der Waals surface area contributed by atoms with E-state index in [1.807, 2.05) is 6.92 Å².